The van der Waals surface area contributed by atoms with Crippen molar-refractivity contribution in [3.8, 4) is 0 Å². The Kier molecular flexibility index (Phi) is 5.44. The molecule has 0 saturated heterocycles. The standard InChI is InChI=1S/C9H19F3O3Si/c1-8(2,3)15-16(13-4,14-5)7-6-9(10,11)12/h6-7H2,1-5H3. The molecule has 0 aliphatic carbocycles. The molecule has 0 aromatic carbocycles. The van der Waals surface area contributed by atoms with Crippen LogP contribution in [-0.2, 0) is 13.3 Å². The summed E-state index contributed by atoms with van der Waals surface area (Å²) in [6, 6.07) is -0.263. The average Bonchev–Trinajstić information content (AvgIpc) is 2.09. The molecule has 0 bridgehead atoms. The zero-order valence-corrected chi connectivity index (χ0v) is 11.3. The number of hydrogen-bond donors (Lipinski definition) is 0. The lowest BCUT2D eigenvalue weighted by atomic mass is 10.2. The Morgan fingerprint density at radius 2 is 1.44 bits per heavy atom. The molecule has 0 heterocycles. The van der Waals surface area contributed by atoms with E-state index in [2.05, 4.69) is 0 Å². The molecule has 0 aliphatic rings. The predicted octanol–water partition coefficient (Wildman–Crippen LogP) is 2.99. The van der Waals surface area contributed by atoms with Crippen molar-refractivity contribution in [2.24, 2.45) is 0 Å². The zero-order valence-electron chi connectivity index (χ0n) is 10.3. The van der Waals surface area contributed by atoms with Crippen molar-refractivity contribution >= 4 is 8.80 Å². The van der Waals surface area contributed by atoms with E-state index in [-0.39, 0.29) is 6.04 Å². The molecule has 3 nitrogen and oxygen atoms in total. The van der Waals surface area contributed by atoms with E-state index in [1.807, 2.05) is 0 Å². The van der Waals surface area contributed by atoms with Gasteiger partial charge in [0.1, 0.15) is 0 Å². The fourth-order valence-electron chi connectivity index (χ4n) is 1.18. The molecular weight excluding hydrogens is 241 g/mol. The molecular formula is C9H19F3O3Si. The van der Waals surface area contributed by atoms with Gasteiger partial charge < -0.3 is 13.3 Å². The molecule has 0 N–H and O–H groups in total. The van der Waals surface area contributed by atoms with Gasteiger partial charge >= 0.3 is 15.0 Å². The summed E-state index contributed by atoms with van der Waals surface area (Å²) >= 11 is 0. The molecule has 0 aromatic rings. The van der Waals surface area contributed by atoms with Gasteiger partial charge in [-0.15, -0.1) is 0 Å². The predicted molar refractivity (Wildman–Crippen MR) is 56.1 cm³/mol. The van der Waals surface area contributed by atoms with Gasteiger partial charge in [0.15, 0.2) is 0 Å². The van der Waals surface area contributed by atoms with Gasteiger partial charge in [-0.2, -0.15) is 13.2 Å². The number of rotatable bonds is 5. The van der Waals surface area contributed by atoms with Crippen LogP contribution >= 0.6 is 0 Å². The van der Waals surface area contributed by atoms with Gasteiger partial charge in [0, 0.05) is 26.7 Å². The van der Waals surface area contributed by atoms with Gasteiger partial charge in [0.2, 0.25) is 0 Å². The molecule has 7 heteroatoms. The summed E-state index contributed by atoms with van der Waals surface area (Å²) < 4.78 is 52.1. The van der Waals surface area contributed by atoms with E-state index < -0.39 is 27.0 Å². The third kappa shape index (κ3) is 6.47. The normalized spacial score (nSPS) is 14.2. The first-order valence-electron chi connectivity index (χ1n) is 4.91. The highest BCUT2D eigenvalue weighted by molar-refractivity contribution is 6.60. The Balaban J connectivity index is 4.57. The second-order valence-electron chi connectivity index (χ2n) is 4.42. The monoisotopic (exact) mass is 260 g/mol. The van der Waals surface area contributed by atoms with E-state index in [0.29, 0.717) is 0 Å². The van der Waals surface area contributed by atoms with Gasteiger partial charge in [-0.1, -0.05) is 0 Å². The SMILES string of the molecule is CO[Si](CCC(F)(F)F)(OC)OC(C)(C)C. The minimum absolute atomic E-state index is 0.263. The summed E-state index contributed by atoms with van der Waals surface area (Å²) in [4.78, 5) is 0. The van der Waals surface area contributed by atoms with Crippen LogP contribution in [0.15, 0.2) is 0 Å². The summed E-state index contributed by atoms with van der Waals surface area (Å²) in [7, 11) is -0.574. The van der Waals surface area contributed by atoms with Crippen LogP contribution < -0.4 is 0 Å². The third-order valence-corrected chi connectivity index (χ3v) is 4.83. The van der Waals surface area contributed by atoms with Crippen molar-refractivity contribution in [2.75, 3.05) is 14.2 Å². The Morgan fingerprint density at radius 1 is 1.00 bits per heavy atom. The van der Waals surface area contributed by atoms with Crippen molar-refractivity contribution in [1.29, 1.82) is 0 Å². The second kappa shape index (κ2) is 5.48. The van der Waals surface area contributed by atoms with Gasteiger partial charge in [-0.05, 0) is 20.8 Å². The molecule has 16 heavy (non-hydrogen) atoms. The fraction of sp³-hybridized carbons (Fsp3) is 1.00. The van der Waals surface area contributed by atoms with Crippen LogP contribution in [0.4, 0.5) is 13.2 Å². The fourth-order valence-corrected chi connectivity index (χ4v) is 3.55. The Morgan fingerprint density at radius 3 is 1.69 bits per heavy atom. The first kappa shape index (κ1) is 15.9. The van der Waals surface area contributed by atoms with Crippen molar-refractivity contribution in [3.05, 3.63) is 0 Å². The van der Waals surface area contributed by atoms with Crippen LogP contribution in [0.2, 0.25) is 6.04 Å². The molecule has 0 atom stereocenters. The van der Waals surface area contributed by atoms with E-state index in [0.717, 1.165) is 0 Å². The molecule has 0 radical (unpaired) electrons. The smallest absolute Gasteiger partial charge is 0.377 e. The topological polar surface area (TPSA) is 27.7 Å². The number of alkyl halides is 3. The van der Waals surface area contributed by atoms with Crippen molar-refractivity contribution < 1.29 is 26.4 Å². The first-order chi connectivity index (χ1) is 7.04. The van der Waals surface area contributed by atoms with E-state index in [4.69, 9.17) is 13.3 Å². The summed E-state index contributed by atoms with van der Waals surface area (Å²) in [5.41, 5.74) is -0.593. The number of hydrogen-bond acceptors (Lipinski definition) is 3. The lowest BCUT2D eigenvalue weighted by molar-refractivity contribution is -0.133. The molecule has 0 spiro atoms. The average molecular weight is 260 g/mol. The molecule has 0 fully saturated rings. The Hall–Kier alpha value is -0.113. The quantitative estimate of drug-likeness (QED) is 0.711. The molecule has 0 unspecified atom stereocenters. The highest BCUT2D eigenvalue weighted by Crippen LogP contribution is 2.29. The first-order valence-corrected chi connectivity index (χ1v) is 6.84. The van der Waals surface area contributed by atoms with E-state index in [1.165, 1.54) is 14.2 Å². The van der Waals surface area contributed by atoms with Crippen LogP contribution in [0, 0.1) is 0 Å². The third-order valence-electron chi connectivity index (χ3n) is 1.80. The lowest BCUT2D eigenvalue weighted by Gasteiger charge is -2.33. The number of halogens is 3. The minimum atomic E-state index is -4.23. The largest absolute Gasteiger partial charge is 0.501 e. The van der Waals surface area contributed by atoms with Crippen LogP contribution in [0.3, 0.4) is 0 Å². The van der Waals surface area contributed by atoms with Gasteiger partial charge in [0.05, 0.1) is 5.60 Å². The summed E-state index contributed by atoms with van der Waals surface area (Å²) in [6.07, 6.45) is -5.19. The molecule has 0 rings (SSSR count). The van der Waals surface area contributed by atoms with Crippen LogP contribution in [0.1, 0.15) is 27.2 Å². The van der Waals surface area contributed by atoms with Crippen molar-refractivity contribution in [2.45, 2.75) is 45.0 Å². The maximum Gasteiger partial charge on any atom is 0.501 e. The lowest BCUT2D eigenvalue weighted by Crippen LogP contribution is -2.49. The molecule has 0 amide bonds. The van der Waals surface area contributed by atoms with Crippen LogP contribution in [0.25, 0.3) is 0 Å². The summed E-state index contributed by atoms with van der Waals surface area (Å²) in [6.45, 7) is 5.25. The van der Waals surface area contributed by atoms with Crippen molar-refractivity contribution in [3.63, 3.8) is 0 Å². The Bertz CT molecular complexity index is 209. The molecule has 98 valence electrons. The summed E-state index contributed by atoms with van der Waals surface area (Å²) in [5.74, 6) is 0. The Labute approximate surface area is 95.2 Å². The van der Waals surface area contributed by atoms with E-state index >= 15 is 0 Å². The maximum absolute atomic E-state index is 12.1. The van der Waals surface area contributed by atoms with Crippen molar-refractivity contribution in [1.82, 2.24) is 0 Å². The molecule has 0 aromatic heterocycles. The van der Waals surface area contributed by atoms with Gasteiger partial charge in [-0.25, -0.2) is 0 Å². The van der Waals surface area contributed by atoms with E-state index in [1.54, 1.807) is 20.8 Å². The minimum Gasteiger partial charge on any atom is -0.377 e. The molecule has 0 aliphatic heterocycles. The van der Waals surface area contributed by atoms with Gasteiger partial charge in [0.25, 0.3) is 0 Å². The second-order valence-corrected chi connectivity index (χ2v) is 7.31. The van der Waals surface area contributed by atoms with Gasteiger partial charge in [-0.3, -0.25) is 0 Å². The summed E-state index contributed by atoms with van der Waals surface area (Å²) in [5, 5.41) is 0. The maximum atomic E-state index is 12.1. The van der Waals surface area contributed by atoms with Crippen LogP contribution in [0.5, 0.6) is 0 Å². The highest BCUT2D eigenvalue weighted by Gasteiger charge is 2.45. The molecule has 0 saturated carbocycles. The van der Waals surface area contributed by atoms with E-state index in [9.17, 15) is 13.2 Å². The zero-order chi connectivity index (χ0) is 13.0. The van der Waals surface area contributed by atoms with Crippen LogP contribution in [-0.4, -0.2) is 34.8 Å². The highest BCUT2D eigenvalue weighted by atomic mass is 28.4.